The zero-order chi connectivity index (χ0) is 11.7. The highest BCUT2D eigenvalue weighted by molar-refractivity contribution is 7.99. The number of rotatable bonds is 8. The lowest BCUT2D eigenvalue weighted by Gasteiger charge is -2.13. The Hall–Kier alpha value is -0.220. The average Bonchev–Trinajstić information content (AvgIpc) is 2.17. The second kappa shape index (κ2) is 9.04. The standard InChI is InChI=1S/C11H24N2OS/c1-4-6-9(3)13-11(14)8-15-7-10(12)5-2/h9-10H,4-8,12H2,1-3H3,(H,13,14). The lowest BCUT2D eigenvalue weighted by Crippen LogP contribution is -2.34. The fraction of sp³-hybridized carbons (Fsp3) is 0.909. The summed E-state index contributed by atoms with van der Waals surface area (Å²) in [4.78, 5) is 11.4. The van der Waals surface area contributed by atoms with Crippen molar-refractivity contribution in [1.29, 1.82) is 0 Å². The van der Waals surface area contributed by atoms with Gasteiger partial charge in [0.15, 0.2) is 0 Å². The zero-order valence-corrected chi connectivity index (χ0v) is 10.9. The molecule has 0 saturated heterocycles. The van der Waals surface area contributed by atoms with Gasteiger partial charge in [0.2, 0.25) is 5.91 Å². The highest BCUT2D eigenvalue weighted by Crippen LogP contribution is 2.04. The zero-order valence-electron chi connectivity index (χ0n) is 10.1. The van der Waals surface area contributed by atoms with Crippen LogP contribution in [0.25, 0.3) is 0 Å². The first kappa shape index (κ1) is 14.8. The SMILES string of the molecule is CCCC(C)NC(=O)CSCC(N)CC. The van der Waals surface area contributed by atoms with Gasteiger partial charge >= 0.3 is 0 Å². The molecule has 0 aliphatic carbocycles. The van der Waals surface area contributed by atoms with E-state index in [1.165, 1.54) is 0 Å². The van der Waals surface area contributed by atoms with E-state index >= 15 is 0 Å². The first-order valence-corrected chi connectivity index (χ1v) is 6.88. The molecule has 0 aliphatic rings. The molecule has 0 fully saturated rings. The minimum atomic E-state index is 0.129. The highest BCUT2D eigenvalue weighted by Gasteiger charge is 2.07. The van der Waals surface area contributed by atoms with Crippen molar-refractivity contribution in [2.75, 3.05) is 11.5 Å². The minimum absolute atomic E-state index is 0.129. The molecule has 0 spiro atoms. The van der Waals surface area contributed by atoms with E-state index < -0.39 is 0 Å². The van der Waals surface area contributed by atoms with Crippen molar-refractivity contribution in [1.82, 2.24) is 5.32 Å². The second-order valence-corrected chi connectivity index (χ2v) is 4.97. The van der Waals surface area contributed by atoms with Gasteiger partial charge in [0, 0.05) is 17.8 Å². The Bertz CT molecular complexity index is 176. The minimum Gasteiger partial charge on any atom is -0.353 e. The number of hydrogen-bond donors (Lipinski definition) is 2. The quantitative estimate of drug-likeness (QED) is 0.670. The third-order valence-electron chi connectivity index (χ3n) is 2.22. The number of hydrogen-bond acceptors (Lipinski definition) is 3. The Labute approximate surface area is 97.6 Å². The van der Waals surface area contributed by atoms with Crippen LogP contribution in [0.4, 0.5) is 0 Å². The molecule has 1 amide bonds. The van der Waals surface area contributed by atoms with Crippen LogP contribution in [0, 0.1) is 0 Å². The summed E-state index contributed by atoms with van der Waals surface area (Å²) < 4.78 is 0. The molecule has 0 aromatic rings. The van der Waals surface area contributed by atoms with Crippen LogP contribution < -0.4 is 11.1 Å². The van der Waals surface area contributed by atoms with Crippen LogP contribution in [-0.4, -0.2) is 29.5 Å². The smallest absolute Gasteiger partial charge is 0.230 e. The van der Waals surface area contributed by atoms with Crippen LogP contribution in [0.15, 0.2) is 0 Å². The number of carbonyl (C=O) groups excluding carboxylic acids is 1. The van der Waals surface area contributed by atoms with Crippen molar-refractivity contribution in [2.45, 2.75) is 52.1 Å². The summed E-state index contributed by atoms with van der Waals surface area (Å²) in [5.41, 5.74) is 5.76. The van der Waals surface area contributed by atoms with Crippen molar-refractivity contribution in [3.63, 3.8) is 0 Å². The Morgan fingerprint density at radius 2 is 2.13 bits per heavy atom. The van der Waals surface area contributed by atoms with Crippen LogP contribution in [0.3, 0.4) is 0 Å². The van der Waals surface area contributed by atoms with Gasteiger partial charge in [-0.2, -0.15) is 11.8 Å². The molecule has 3 N–H and O–H groups in total. The van der Waals surface area contributed by atoms with Crippen molar-refractivity contribution < 1.29 is 4.79 Å². The Balaban J connectivity index is 3.48. The summed E-state index contributed by atoms with van der Waals surface area (Å²) in [6.45, 7) is 6.23. The first-order valence-electron chi connectivity index (χ1n) is 5.72. The number of thioether (sulfide) groups is 1. The lowest BCUT2D eigenvalue weighted by molar-refractivity contribution is -0.119. The van der Waals surface area contributed by atoms with E-state index in [2.05, 4.69) is 19.2 Å². The molecule has 2 atom stereocenters. The third kappa shape index (κ3) is 8.75. The summed E-state index contributed by atoms with van der Waals surface area (Å²) in [7, 11) is 0. The van der Waals surface area contributed by atoms with Crippen molar-refractivity contribution in [2.24, 2.45) is 5.73 Å². The molecule has 0 saturated carbocycles. The molecule has 15 heavy (non-hydrogen) atoms. The number of amides is 1. The van der Waals surface area contributed by atoms with Crippen LogP contribution >= 0.6 is 11.8 Å². The van der Waals surface area contributed by atoms with Crippen LogP contribution in [0.2, 0.25) is 0 Å². The van der Waals surface area contributed by atoms with E-state index in [1.807, 2.05) is 6.92 Å². The van der Waals surface area contributed by atoms with Gasteiger partial charge in [0.25, 0.3) is 0 Å². The van der Waals surface area contributed by atoms with Crippen LogP contribution in [0.1, 0.15) is 40.0 Å². The van der Waals surface area contributed by atoms with Crippen molar-refractivity contribution in [3.8, 4) is 0 Å². The summed E-state index contributed by atoms with van der Waals surface area (Å²) in [5.74, 6) is 1.53. The molecule has 90 valence electrons. The number of carbonyl (C=O) groups is 1. The molecule has 0 aromatic carbocycles. The van der Waals surface area contributed by atoms with E-state index in [-0.39, 0.29) is 11.9 Å². The fourth-order valence-corrected chi connectivity index (χ4v) is 2.17. The topological polar surface area (TPSA) is 55.1 Å². The van der Waals surface area contributed by atoms with E-state index in [0.29, 0.717) is 11.8 Å². The van der Waals surface area contributed by atoms with E-state index in [1.54, 1.807) is 11.8 Å². The summed E-state index contributed by atoms with van der Waals surface area (Å²) in [5, 5.41) is 2.97. The van der Waals surface area contributed by atoms with Gasteiger partial charge < -0.3 is 11.1 Å². The normalized spacial score (nSPS) is 14.7. The number of nitrogens with one attached hydrogen (secondary N) is 1. The maximum absolute atomic E-state index is 11.4. The number of nitrogens with two attached hydrogens (primary N) is 1. The van der Waals surface area contributed by atoms with E-state index in [4.69, 9.17) is 5.73 Å². The van der Waals surface area contributed by atoms with E-state index in [9.17, 15) is 4.79 Å². The first-order chi connectivity index (χ1) is 7.10. The molecule has 0 radical (unpaired) electrons. The molecule has 0 aliphatic heterocycles. The Kier molecular flexibility index (Phi) is 8.91. The fourth-order valence-electron chi connectivity index (χ4n) is 1.24. The molecule has 0 bridgehead atoms. The third-order valence-corrected chi connectivity index (χ3v) is 3.35. The maximum Gasteiger partial charge on any atom is 0.230 e. The van der Waals surface area contributed by atoms with Gasteiger partial charge in [-0.1, -0.05) is 20.3 Å². The van der Waals surface area contributed by atoms with Crippen molar-refractivity contribution in [3.05, 3.63) is 0 Å². The monoisotopic (exact) mass is 232 g/mol. The Morgan fingerprint density at radius 1 is 1.47 bits per heavy atom. The predicted molar refractivity (Wildman–Crippen MR) is 68.1 cm³/mol. The second-order valence-electron chi connectivity index (χ2n) is 3.94. The van der Waals surface area contributed by atoms with Gasteiger partial charge in [-0.05, 0) is 19.8 Å². The molecule has 2 unspecified atom stereocenters. The summed E-state index contributed by atoms with van der Waals surface area (Å²) in [6.07, 6.45) is 3.13. The molecule has 0 aromatic heterocycles. The summed E-state index contributed by atoms with van der Waals surface area (Å²) >= 11 is 1.62. The molecule has 0 heterocycles. The molecule has 0 rings (SSSR count). The van der Waals surface area contributed by atoms with Gasteiger partial charge in [0.05, 0.1) is 5.75 Å². The molecule has 3 nitrogen and oxygen atoms in total. The van der Waals surface area contributed by atoms with Gasteiger partial charge in [0.1, 0.15) is 0 Å². The molecular weight excluding hydrogens is 208 g/mol. The van der Waals surface area contributed by atoms with Crippen molar-refractivity contribution >= 4 is 17.7 Å². The molecule has 4 heteroatoms. The van der Waals surface area contributed by atoms with Gasteiger partial charge in [-0.3, -0.25) is 4.79 Å². The largest absolute Gasteiger partial charge is 0.353 e. The molecular formula is C11H24N2OS. The van der Waals surface area contributed by atoms with Crippen LogP contribution in [-0.2, 0) is 4.79 Å². The van der Waals surface area contributed by atoms with Crippen LogP contribution in [0.5, 0.6) is 0 Å². The van der Waals surface area contributed by atoms with E-state index in [0.717, 1.165) is 25.0 Å². The van der Waals surface area contributed by atoms with Gasteiger partial charge in [-0.25, -0.2) is 0 Å². The average molecular weight is 232 g/mol. The summed E-state index contributed by atoms with van der Waals surface area (Å²) in [6, 6.07) is 0.513. The highest BCUT2D eigenvalue weighted by atomic mass is 32.2. The predicted octanol–water partition coefficient (Wildman–Crippen LogP) is 1.76. The lowest BCUT2D eigenvalue weighted by atomic mass is 10.2. The maximum atomic E-state index is 11.4. The van der Waals surface area contributed by atoms with Gasteiger partial charge in [-0.15, -0.1) is 0 Å². The Morgan fingerprint density at radius 3 is 2.67 bits per heavy atom.